The van der Waals surface area contributed by atoms with Crippen molar-refractivity contribution in [3.8, 4) is 0 Å². The van der Waals surface area contributed by atoms with Crippen molar-refractivity contribution in [3.05, 3.63) is 64.0 Å². The molecule has 0 aliphatic carbocycles. The average molecular weight is 378 g/mol. The predicted octanol–water partition coefficient (Wildman–Crippen LogP) is 2.87. The summed E-state index contributed by atoms with van der Waals surface area (Å²) >= 11 is 0. The van der Waals surface area contributed by atoms with Gasteiger partial charge in [-0.2, -0.15) is 0 Å². The van der Waals surface area contributed by atoms with Crippen molar-refractivity contribution in [3.63, 3.8) is 0 Å². The van der Waals surface area contributed by atoms with E-state index in [1.165, 1.54) is 11.9 Å². The van der Waals surface area contributed by atoms with Crippen LogP contribution in [-0.4, -0.2) is 41.1 Å². The Balaban J connectivity index is 1.71. The largest absolute Gasteiger partial charge is 0.365 e. The second kappa shape index (κ2) is 7.77. The van der Waals surface area contributed by atoms with Gasteiger partial charge in [0.2, 0.25) is 0 Å². The molecule has 1 aliphatic heterocycles. The number of anilines is 2. The summed E-state index contributed by atoms with van der Waals surface area (Å²) in [5.41, 5.74) is 3.73. The van der Waals surface area contributed by atoms with Crippen LogP contribution in [0, 0.1) is 17.0 Å². The Morgan fingerprint density at radius 1 is 1.21 bits per heavy atom. The number of nitrogens with one attached hydrogen (secondary N) is 2. The topological polar surface area (TPSA) is 96.2 Å². The van der Waals surface area contributed by atoms with Crippen molar-refractivity contribution in [2.75, 3.05) is 36.4 Å². The number of piperazine rings is 1. The SMILES string of the molecule is Cc1ccccc1CNc1ncnc2cc(N3CCNCC3)c([N+](=O)[O-])cc12. The van der Waals surface area contributed by atoms with Crippen LogP contribution < -0.4 is 15.5 Å². The molecule has 0 amide bonds. The highest BCUT2D eigenvalue weighted by atomic mass is 16.6. The van der Waals surface area contributed by atoms with E-state index in [9.17, 15) is 10.1 Å². The maximum atomic E-state index is 11.7. The molecule has 0 saturated carbocycles. The maximum Gasteiger partial charge on any atom is 0.293 e. The van der Waals surface area contributed by atoms with Gasteiger partial charge in [0.25, 0.3) is 5.69 Å². The third-order valence-corrected chi connectivity index (χ3v) is 5.09. The minimum absolute atomic E-state index is 0.0862. The van der Waals surface area contributed by atoms with E-state index in [0.717, 1.165) is 31.7 Å². The van der Waals surface area contributed by atoms with Gasteiger partial charge in [-0.3, -0.25) is 10.1 Å². The summed E-state index contributed by atoms with van der Waals surface area (Å²) in [5.74, 6) is 0.600. The summed E-state index contributed by atoms with van der Waals surface area (Å²) in [6.07, 6.45) is 1.50. The molecule has 0 spiro atoms. The summed E-state index contributed by atoms with van der Waals surface area (Å²) in [5, 5.41) is 19.0. The fourth-order valence-electron chi connectivity index (χ4n) is 3.51. The normalized spacial score (nSPS) is 14.2. The molecule has 2 heterocycles. The van der Waals surface area contributed by atoms with Gasteiger partial charge in [0.1, 0.15) is 17.8 Å². The van der Waals surface area contributed by atoms with E-state index in [1.807, 2.05) is 17.0 Å². The van der Waals surface area contributed by atoms with E-state index in [-0.39, 0.29) is 10.6 Å². The highest BCUT2D eigenvalue weighted by Crippen LogP contribution is 2.34. The van der Waals surface area contributed by atoms with Crippen LogP contribution in [0.5, 0.6) is 0 Å². The minimum Gasteiger partial charge on any atom is -0.365 e. The monoisotopic (exact) mass is 378 g/mol. The molecular formula is C20H22N6O2. The number of nitrogens with zero attached hydrogens (tertiary/aromatic N) is 4. The van der Waals surface area contributed by atoms with E-state index >= 15 is 0 Å². The zero-order valence-electron chi connectivity index (χ0n) is 15.7. The molecule has 2 N–H and O–H groups in total. The van der Waals surface area contributed by atoms with Crippen LogP contribution >= 0.6 is 0 Å². The molecule has 1 aliphatic rings. The number of nitro benzene ring substituents is 1. The van der Waals surface area contributed by atoms with Crippen molar-refractivity contribution in [1.82, 2.24) is 15.3 Å². The van der Waals surface area contributed by atoms with Crippen LogP contribution in [0.4, 0.5) is 17.2 Å². The molecule has 144 valence electrons. The van der Waals surface area contributed by atoms with Crippen molar-refractivity contribution in [2.45, 2.75) is 13.5 Å². The second-order valence-corrected chi connectivity index (χ2v) is 6.85. The second-order valence-electron chi connectivity index (χ2n) is 6.85. The van der Waals surface area contributed by atoms with E-state index in [4.69, 9.17) is 0 Å². The lowest BCUT2D eigenvalue weighted by Crippen LogP contribution is -2.43. The first-order valence-electron chi connectivity index (χ1n) is 9.30. The molecule has 0 unspecified atom stereocenters. The third-order valence-electron chi connectivity index (χ3n) is 5.09. The molecule has 2 aromatic carbocycles. The zero-order chi connectivity index (χ0) is 19.5. The summed E-state index contributed by atoms with van der Waals surface area (Å²) in [6, 6.07) is 11.5. The van der Waals surface area contributed by atoms with Gasteiger partial charge in [0.15, 0.2) is 0 Å². The molecule has 1 fully saturated rings. The molecule has 0 bridgehead atoms. The Kier molecular flexibility index (Phi) is 5.03. The fourth-order valence-corrected chi connectivity index (χ4v) is 3.51. The van der Waals surface area contributed by atoms with Crippen LogP contribution in [0.25, 0.3) is 10.9 Å². The van der Waals surface area contributed by atoms with E-state index < -0.39 is 0 Å². The Morgan fingerprint density at radius 3 is 2.75 bits per heavy atom. The van der Waals surface area contributed by atoms with Gasteiger partial charge in [-0.1, -0.05) is 24.3 Å². The average Bonchev–Trinajstić information content (AvgIpc) is 2.72. The van der Waals surface area contributed by atoms with Gasteiger partial charge in [-0.05, 0) is 24.1 Å². The lowest BCUT2D eigenvalue weighted by atomic mass is 10.1. The van der Waals surface area contributed by atoms with Crippen LogP contribution in [0.15, 0.2) is 42.7 Å². The molecule has 0 radical (unpaired) electrons. The van der Waals surface area contributed by atoms with Crippen molar-refractivity contribution in [2.24, 2.45) is 0 Å². The molecule has 0 atom stereocenters. The Labute approximate surface area is 162 Å². The minimum atomic E-state index is -0.324. The van der Waals surface area contributed by atoms with E-state index in [1.54, 1.807) is 12.1 Å². The number of hydrogen-bond acceptors (Lipinski definition) is 7. The number of aromatic nitrogens is 2. The Bertz CT molecular complexity index is 1020. The Morgan fingerprint density at radius 2 is 2.00 bits per heavy atom. The molecule has 8 heteroatoms. The smallest absolute Gasteiger partial charge is 0.293 e. The zero-order valence-corrected chi connectivity index (χ0v) is 15.7. The lowest BCUT2D eigenvalue weighted by molar-refractivity contribution is -0.384. The first-order chi connectivity index (χ1) is 13.6. The van der Waals surface area contributed by atoms with Crippen molar-refractivity contribution < 1.29 is 4.92 Å². The number of benzene rings is 2. The van der Waals surface area contributed by atoms with Gasteiger partial charge in [0, 0.05) is 44.2 Å². The first kappa shape index (κ1) is 18.1. The van der Waals surface area contributed by atoms with E-state index in [2.05, 4.69) is 39.7 Å². The molecule has 4 rings (SSSR count). The number of rotatable bonds is 5. The molecule has 3 aromatic rings. The van der Waals surface area contributed by atoms with Gasteiger partial charge >= 0.3 is 0 Å². The quantitative estimate of drug-likeness (QED) is 0.520. The number of aryl methyl sites for hydroxylation is 1. The lowest BCUT2D eigenvalue weighted by Gasteiger charge is -2.29. The van der Waals surface area contributed by atoms with Crippen LogP contribution in [-0.2, 0) is 6.54 Å². The summed E-state index contributed by atoms with van der Waals surface area (Å²) in [6.45, 7) is 5.72. The van der Waals surface area contributed by atoms with Gasteiger partial charge in [-0.25, -0.2) is 9.97 Å². The molecule has 28 heavy (non-hydrogen) atoms. The first-order valence-corrected chi connectivity index (χ1v) is 9.30. The van der Waals surface area contributed by atoms with Crippen molar-refractivity contribution >= 4 is 28.1 Å². The van der Waals surface area contributed by atoms with Crippen LogP contribution in [0.3, 0.4) is 0 Å². The summed E-state index contributed by atoms with van der Waals surface area (Å²) in [7, 11) is 0. The van der Waals surface area contributed by atoms with Crippen molar-refractivity contribution in [1.29, 1.82) is 0 Å². The highest BCUT2D eigenvalue weighted by Gasteiger charge is 2.23. The summed E-state index contributed by atoms with van der Waals surface area (Å²) in [4.78, 5) is 22.1. The predicted molar refractivity (Wildman–Crippen MR) is 110 cm³/mol. The Hall–Kier alpha value is -3.26. The maximum absolute atomic E-state index is 11.7. The van der Waals surface area contributed by atoms with Gasteiger partial charge in [-0.15, -0.1) is 0 Å². The number of fused-ring (bicyclic) bond motifs is 1. The fraction of sp³-hybridized carbons (Fsp3) is 0.300. The molecular weight excluding hydrogens is 356 g/mol. The van der Waals surface area contributed by atoms with Gasteiger partial charge in [0.05, 0.1) is 10.4 Å². The molecule has 1 aromatic heterocycles. The summed E-state index contributed by atoms with van der Waals surface area (Å²) < 4.78 is 0. The number of hydrogen-bond donors (Lipinski definition) is 2. The third kappa shape index (κ3) is 3.59. The highest BCUT2D eigenvalue weighted by molar-refractivity contribution is 5.94. The molecule has 8 nitrogen and oxygen atoms in total. The van der Waals surface area contributed by atoms with E-state index in [0.29, 0.717) is 29.0 Å². The standard InChI is InChI=1S/C20H22N6O2/c1-14-4-2-3-5-15(14)12-22-20-16-10-19(26(27)28)18(11-17(16)23-13-24-20)25-8-6-21-7-9-25/h2-5,10-11,13,21H,6-9,12H2,1H3,(H,22,23,24). The van der Waals surface area contributed by atoms with Crippen LogP contribution in [0.2, 0.25) is 0 Å². The van der Waals surface area contributed by atoms with Crippen LogP contribution in [0.1, 0.15) is 11.1 Å². The van der Waals surface area contributed by atoms with Gasteiger partial charge < -0.3 is 15.5 Å². The molecule has 1 saturated heterocycles. The number of nitro groups is 1.